The molecule has 10 nitrogen and oxygen atoms in total. The van der Waals surface area contributed by atoms with Crippen LogP contribution < -0.4 is 11.1 Å². The molecule has 2 atom stereocenters. The highest BCUT2D eigenvalue weighted by atomic mass is 16.4. The molecule has 5 N–H and O–H groups in total. The first kappa shape index (κ1) is 24.4. The number of carboxylic acid groups (broad SMARTS) is 1. The number of rotatable bonds is 7. The predicted molar refractivity (Wildman–Crippen MR) is 132 cm³/mol. The normalized spacial score (nSPS) is 18.1. The lowest BCUT2D eigenvalue weighted by Crippen LogP contribution is -2.52. The summed E-state index contributed by atoms with van der Waals surface area (Å²) in [6.45, 7) is 2.68. The summed E-state index contributed by atoms with van der Waals surface area (Å²) in [5, 5.41) is 23.0. The maximum atomic E-state index is 13.7. The van der Waals surface area contributed by atoms with E-state index >= 15 is 0 Å². The molecule has 1 fully saturated rings. The van der Waals surface area contributed by atoms with Crippen molar-refractivity contribution in [1.29, 1.82) is 5.41 Å². The van der Waals surface area contributed by atoms with Gasteiger partial charge in [0.2, 0.25) is 5.91 Å². The van der Waals surface area contributed by atoms with Crippen LogP contribution in [0, 0.1) is 5.41 Å². The molecular formula is C26H25N5O5. The molecular weight excluding hydrogens is 462 g/mol. The standard InChI is InChI=1S/C26H25N5O5/c1-15(32)30(21(14-22(33)34)20-9-5-7-16-6-3-4-8-19(16)20)31-24(35)26(2,29-25(31)36)18-12-10-17(11-13-18)23(27)28/h3-13,21H,14H2,1-2H3,(H3,27,28)(H,29,36)(H,33,34)/t21-,26-/m1/s1. The highest BCUT2D eigenvalue weighted by Gasteiger charge is 2.53. The van der Waals surface area contributed by atoms with Crippen LogP contribution in [0.4, 0.5) is 4.79 Å². The highest BCUT2D eigenvalue weighted by Crippen LogP contribution is 2.36. The molecule has 0 spiro atoms. The number of amides is 4. The van der Waals surface area contributed by atoms with Gasteiger partial charge in [0, 0.05) is 12.5 Å². The Morgan fingerprint density at radius 3 is 2.33 bits per heavy atom. The molecule has 0 radical (unpaired) electrons. The molecule has 0 aliphatic carbocycles. The topological polar surface area (TPSA) is 157 Å². The van der Waals surface area contributed by atoms with Crippen LogP contribution in [0.3, 0.4) is 0 Å². The molecule has 1 aliphatic heterocycles. The van der Waals surface area contributed by atoms with Crippen molar-refractivity contribution in [1.82, 2.24) is 15.3 Å². The number of hydrogen-bond acceptors (Lipinski definition) is 5. The molecule has 1 heterocycles. The number of nitrogens with zero attached hydrogens (tertiary/aromatic N) is 2. The lowest BCUT2D eigenvalue weighted by Gasteiger charge is -2.36. The van der Waals surface area contributed by atoms with E-state index in [0.29, 0.717) is 27.1 Å². The second-order valence-electron chi connectivity index (χ2n) is 8.71. The Kier molecular flexibility index (Phi) is 6.19. The van der Waals surface area contributed by atoms with Gasteiger partial charge in [0.05, 0.1) is 12.5 Å². The smallest absolute Gasteiger partial charge is 0.344 e. The Labute approximate surface area is 206 Å². The predicted octanol–water partition coefficient (Wildman–Crippen LogP) is 2.87. The second kappa shape index (κ2) is 9.14. The van der Waals surface area contributed by atoms with Gasteiger partial charge in [-0.2, -0.15) is 5.01 Å². The number of imide groups is 1. The number of fused-ring (bicyclic) bond motifs is 1. The van der Waals surface area contributed by atoms with Crippen LogP contribution in [0.1, 0.15) is 43.0 Å². The van der Waals surface area contributed by atoms with Crippen molar-refractivity contribution < 1.29 is 24.3 Å². The number of nitrogens with two attached hydrogens (primary N) is 1. The minimum Gasteiger partial charge on any atom is -0.481 e. The van der Waals surface area contributed by atoms with Crippen molar-refractivity contribution in [3.8, 4) is 0 Å². The molecule has 184 valence electrons. The van der Waals surface area contributed by atoms with Gasteiger partial charge in [-0.15, -0.1) is 0 Å². The molecule has 0 bridgehead atoms. The van der Waals surface area contributed by atoms with Gasteiger partial charge in [-0.25, -0.2) is 9.80 Å². The second-order valence-corrected chi connectivity index (χ2v) is 8.71. The minimum atomic E-state index is -1.54. The number of benzene rings is 3. The van der Waals surface area contributed by atoms with Crippen LogP contribution in [-0.4, -0.2) is 44.8 Å². The number of carbonyl (C=O) groups is 4. The Morgan fingerprint density at radius 1 is 1.08 bits per heavy atom. The lowest BCUT2D eigenvalue weighted by molar-refractivity contribution is -0.162. The van der Waals surface area contributed by atoms with Crippen molar-refractivity contribution in [3.05, 3.63) is 83.4 Å². The van der Waals surface area contributed by atoms with Crippen molar-refractivity contribution >= 4 is 40.4 Å². The first-order chi connectivity index (χ1) is 17.0. The summed E-state index contributed by atoms with van der Waals surface area (Å²) in [4.78, 5) is 51.7. The van der Waals surface area contributed by atoms with Gasteiger partial charge < -0.3 is 16.2 Å². The molecule has 0 aromatic heterocycles. The van der Waals surface area contributed by atoms with E-state index in [1.807, 2.05) is 18.2 Å². The Bertz CT molecular complexity index is 1400. The van der Waals surface area contributed by atoms with Gasteiger partial charge in [0.1, 0.15) is 11.4 Å². The van der Waals surface area contributed by atoms with Crippen LogP contribution in [0.2, 0.25) is 0 Å². The molecule has 3 aromatic rings. The van der Waals surface area contributed by atoms with Gasteiger partial charge in [-0.3, -0.25) is 19.8 Å². The molecule has 0 unspecified atom stereocenters. The molecule has 4 rings (SSSR count). The zero-order valence-corrected chi connectivity index (χ0v) is 19.7. The number of hydrazine groups is 1. The van der Waals surface area contributed by atoms with Crippen LogP contribution in [0.5, 0.6) is 0 Å². The van der Waals surface area contributed by atoms with Gasteiger partial charge in [0.25, 0.3) is 5.91 Å². The fourth-order valence-corrected chi connectivity index (χ4v) is 4.53. The highest BCUT2D eigenvalue weighted by molar-refractivity contribution is 6.08. The van der Waals surface area contributed by atoms with Crippen LogP contribution in [0.15, 0.2) is 66.7 Å². The van der Waals surface area contributed by atoms with E-state index in [9.17, 15) is 24.3 Å². The summed E-state index contributed by atoms with van der Waals surface area (Å²) in [6, 6.07) is 16.8. The third-order valence-corrected chi connectivity index (χ3v) is 6.33. The number of amidine groups is 1. The number of nitrogens with one attached hydrogen (secondary N) is 2. The third-order valence-electron chi connectivity index (χ3n) is 6.33. The van der Waals surface area contributed by atoms with Gasteiger partial charge in [-0.05, 0) is 28.8 Å². The average molecular weight is 488 g/mol. The molecule has 1 aliphatic rings. The summed E-state index contributed by atoms with van der Waals surface area (Å²) < 4.78 is 0. The van der Waals surface area contributed by atoms with Crippen molar-refractivity contribution in [2.24, 2.45) is 5.73 Å². The first-order valence-corrected chi connectivity index (χ1v) is 11.2. The number of hydrogen-bond donors (Lipinski definition) is 4. The van der Waals surface area contributed by atoms with Crippen LogP contribution in [-0.2, 0) is 19.9 Å². The summed E-state index contributed by atoms with van der Waals surface area (Å²) in [7, 11) is 0. The SMILES string of the molecule is CC(=O)N([C@H](CC(=O)O)c1cccc2ccccc12)N1C(=O)N[C@](C)(c2ccc(C(=N)N)cc2)C1=O. The summed E-state index contributed by atoms with van der Waals surface area (Å²) in [6.07, 6.45) is -0.533. The largest absolute Gasteiger partial charge is 0.481 e. The fourth-order valence-electron chi connectivity index (χ4n) is 4.53. The van der Waals surface area contributed by atoms with Gasteiger partial charge >= 0.3 is 12.0 Å². The Balaban J connectivity index is 1.81. The minimum absolute atomic E-state index is 0.149. The molecule has 0 saturated carbocycles. The maximum Gasteiger partial charge on any atom is 0.344 e. The van der Waals surface area contributed by atoms with E-state index in [1.165, 1.54) is 13.8 Å². The summed E-state index contributed by atoms with van der Waals surface area (Å²) >= 11 is 0. The summed E-state index contributed by atoms with van der Waals surface area (Å²) in [5.74, 6) is -2.76. The van der Waals surface area contributed by atoms with Gasteiger partial charge in [-0.1, -0.05) is 66.7 Å². The number of carboxylic acids is 1. The Morgan fingerprint density at radius 2 is 1.72 bits per heavy atom. The number of aliphatic carboxylic acids is 1. The van der Waals surface area contributed by atoms with E-state index in [4.69, 9.17) is 11.1 Å². The quantitative estimate of drug-likeness (QED) is 0.228. The molecule has 36 heavy (non-hydrogen) atoms. The average Bonchev–Trinajstić information content (AvgIpc) is 3.07. The molecule has 4 amide bonds. The number of nitrogen functional groups attached to an aromatic ring is 1. The molecule has 1 saturated heterocycles. The lowest BCUT2D eigenvalue weighted by atomic mass is 9.91. The fraction of sp³-hybridized carbons (Fsp3) is 0.192. The van der Waals surface area contributed by atoms with Crippen molar-refractivity contribution in [3.63, 3.8) is 0 Å². The van der Waals surface area contributed by atoms with Gasteiger partial charge in [0.15, 0.2) is 0 Å². The molecule has 10 heteroatoms. The Hall–Kier alpha value is -4.73. The van der Waals surface area contributed by atoms with Crippen molar-refractivity contribution in [2.75, 3.05) is 0 Å². The van der Waals surface area contributed by atoms with Crippen molar-refractivity contribution in [2.45, 2.75) is 31.8 Å². The van der Waals surface area contributed by atoms with E-state index < -0.39 is 41.8 Å². The third kappa shape index (κ3) is 4.13. The van der Waals surface area contributed by atoms with E-state index in [1.54, 1.807) is 48.5 Å². The van der Waals surface area contributed by atoms with E-state index in [-0.39, 0.29) is 5.84 Å². The zero-order chi connectivity index (χ0) is 26.2. The first-order valence-electron chi connectivity index (χ1n) is 11.2. The monoisotopic (exact) mass is 487 g/mol. The van der Waals surface area contributed by atoms with E-state index in [0.717, 1.165) is 10.4 Å². The number of carbonyl (C=O) groups excluding carboxylic acids is 3. The zero-order valence-electron chi connectivity index (χ0n) is 19.7. The number of urea groups is 1. The van der Waals surface area contributed by atoms with Crippen LogP contribution >= 0.6 is 0 Å². The van der Waals surface area contributed by atoms with E-state index in [2.05, 4.69) is 5.32 Å². The summed E-state index contributed by atoms with van der Waals surface area (Å²) in [5.41, 5.74) is 5.32. The van der Waals surface area contributed by atoms with Crippen LogP contribution in [0.25, 0.3) is 10.8 Å². The molecule has 3 aromatic carbocycles. The maximum absolute atomic E-state index is 13.7.